The standard InChI is InChI=1S/C15H20ClNO4/c1-9(2)14(15(19)21-4)17-13(18)7-10-5-6-11(20-3)8-12(10)16/h5-6,8-9,14H,7H2,1-4H3,(H,17,18)/t14-/m0/s1. The number of nitrogens with one attached hydrogen (secondary N) is 1. The molecule has 1 aromatic carbocycles. The third-order valence-electron chi connectivity index (χ3n) is 3.05. The second-order valence-electron chi connectivity index (χ2n) is 4.95. The van der Waals surface area contributed by atoms with Crippen molar-refractivity contribution in [1.29, 1.82) is 0 Å². The van der Waals surface area contributed by atoms with Crippen molar-refractivity contribution in [3.8, 4) is 5.75 Å². The summed E-state index contributed by atoms with van der Waals surface area (Å²) in [5.41, 5.74) is 0.669. The minimum atomic E-state index is -0.667. The molecule has 116 valence electrons. The van der Waals surface area contributed by atoms with Crippen molar-refractivity contribution in [2.75, 3.05) is 14.2 Å². The number of hydrogen-bond donors (Lipinski definition) is 1. The lowest BCUT2D eigenvalue weighted by molar-refractivity contribution is -0.146. The number of rotatable bonds is 6. The maximum absolute atomic E-state index is 12.0. The first-order valence-corrected chi connectivity index (χ1v) is 6.96. The van der Waals surface area contributed by atoms with E-state index in [1.165, 1.54) is 7.11 Å². The van der Waals surface area contributed by atoms with Gasteiger partial charge in [0.1, 0.15) is 11.8 Å². The molecular formula is C15H20ClNO4. The molecule has 0 heterocycles. The second-order valence-corrected chi connectivity index (χ2v) is 5.35. The highest BCUT2D eigenvalue weighted by atomic mass is 35.5. The van der Waals surface area contributed by atoms with Crippen molar-refractivity contribution in [2.24, 2.45) is 5.92 Å². The summed E-state index contributed by atoms with van der Waals surface area (Å²) >= 11 is 6.09. The number of benzene rings is 1. The van der Waals surface area contributed by atoms with Crippen LogP contribution in [0.1, 0.15) is 19.4 Å². The van der Waals surface area contributed by atoms with E-state index >= 15 is 0 Å². The number of esters is 1. The normalized spacial score (nSPS) is 11.9. The summed E-state index contributed by atoms with van der Waals surface area (Å²) in [6.45, 7) is 3.67. The number of carbonyl (C=O) groups excluding carboxylic acids is 2. The quantitative estimate of drug-likeness (QED) is 0.818. The Morgan fingerprint density at radius 1 is 1.29 bits per heavy atom. The topological polar surface area (TPSA) is 64.6 Å². The van der Waals surface area contributed by atoms with E-state index < -0.39 is 12.0 Å². The Morgan fingerprint density at radius 3 is 2.43 bits per heavy atom. The van der Waals surface area contributed by atoms with Gasteiger partial charge in [0.2, 0.25) is 5.91 Å². The van der Waals surface area contributed by atoms with Crippen LogP contribution in [0.2, 0.25) is 5.02 Å². The number of halogens is 1. The molecule has 0 spiro atoms. The molecule has 0 saturated heterocycles. The monoisotopic (exact) mass is 313 g/mol. The molecule has 21 heavy (non-hydrogen) atoms. The zero-order valence-electron chi connectivity index (χ0n) is 12.6. The summed E-state index contributed by atoms with van der Waals surface area (Å²) in [5, 5.41) is 3.12. The summed E-state index contributed by atoms with van der Waals surface area (Å²) < 4.78 is 9.73. The minimum Gasteiger partial charge on any atom is -0.497 e. The van der Waals surface area contributed by atoms with Gasteiger partial charge in [-0.25, -0.2) is 4.79 Å². The molecule has 1 N–H and O–H groups in total. The number of amides is 1. The van der Waals surface area contributed by atoms with Crippen LogP contribution in [0.4, 0.5) is 0 Å². The van der Waals surface area contributed by atoms with Crippen molar-refractivity contribution >= 4 is 23.5 Å². The molecule has 0 aliphatic carbocycles. The van der Waals surface area contributed by atoms with E-state index in [4.69, 9.17) is 16.3 Å². The van der Waals surface area contributed by atoms with Gasteiger partial charge in [-0.1, -0.05) is 31.5 Å². The van der Waals surface area contributed by atoms with Crippen LogP contribution in [0.3, 0.4) is 0 Å². The fraction of sp³-hybridized carbons (Fsp3) is 0.467. The van der Waals surface area contributed by atoms with Crippen LogP contribution in [0.25, 0.3) is 0 Å². The van der Waals surface area contributed by atoms with Crippen LogP contribution >= 0.6 is 11.6 Å². The summed E-state index contributed by atoms with van der Waals surface area (Å²) in [7, 11) is 2.84. The molecule has 1 aromatic rings. The molecule has 0 bridgehead atoms. The van der Waals surface area contributed by atoms with Gasteiger partial charge < -0.3 is 14.8 Å². The van der Waals surface area contributed by atoms with E-state index in [0.29, 0.717) is 16.3 Å². The van der Waals surface area contributed by atoms with Gasteiger partial charge in [0.05, 0.1) is 20.6 Å². The Balaban J connectivity index is 2.74. The van der Waals surface area contributed by atoms with Gasteiger partial charge in [-0.15, -0.1) is 0 Å². The molecule has 5 nitrogen and oxygen atoms in total. The lowest BCUT2D eigenvalue weighted by Crippen LogP contribution is -2.45. The van der Waals surface area contributed by atoms with Crippen LogP contribution < -0.4 is 10.1 Å². The molecule has 0 aliphatic heterocycles. The van der Waals surface area contributed by atoms with Gasteiger partial charge in [0, 0.05) is 5.02 Å². The molecule has 0 radical (unpaired) electrons. The van der Waals surface area contributed by atoms with E-state index in [1.807, 2.05) is 13.8 Å². The third-order valence-corrected chi connectivity index (χ3v) is 3.40. The van der Waals surface area contributed by atoms with E-state index in [2.05, 4.69) is 10.1 Å². The molecule has 0 fully saturated rings. The maximum Gasteiger partial charge on any atom is 0.328 e. The van der Waals surface area contributed by atoms with Crippen molar-refractivity contribution in [3.05, 3.63) is 28.8 Å². The van der Waals surface area contributed by atoms with Gasteiger partial charge in [-0.2, -0.15) is 0 Å². The van der Waals surface area contributed by atoms with Gasteiger partial charge in [0.15, 0.2) is 0 Å². The lowest BCUT2D eigenvalue weighted by Gasteiger charge is -2.20. The first-order chi connectivity index (χ1) is 9.88. The molecule has 0 aliphatic rings. The van der Waals surface area contributed by atoms with Gasteiger partial charge in [-0.05, 0) is 23.6 Å². The minimum absolute atomic E-state index is 0.0623. The molecule has 6 heteroatoms. The Bertz CT molecular complexity index is 516. The molecule has 0 aromatic heterocycles. The fourth-order valence-corrected chi connectivity index (χ4v) is 2.06. The molecule has 0 unspecified atom stereocenters. The van der Waals surface area contributed by atoms with Gasteiger partial charge in [-0.3, -0.25) is 4.79 Å². The highest BCUT2D eigenvalue weighted by molar-refractivity contribution is 6.31. The molecule has 1 amide bonds. The number of methoxy groups -OCH3 is 2. The zero-order valence-corrected chi connectivity index (χ0v) is 13.4. The molecule has 0 saturated carbocycles. The van der Waals surface area contributed by atoms with E-state index in [-0.39, 0.29) is 18.2 Å². The van der Waals surface area contributed by atoms with Crippen LogP contribution in [0, 0.1) is 5.92 Å². The predicted octanol–water partition coefficient (Wildman–Crippen LogP) is 2.20. The highest BCUT2D eigenvalue weighted by Gasteiger charge is 2.25. The van der Waals surface area contributed by atoms with Crippen molar-refractivity contribution in [2.45, 2.75) is 26.3 Å². The number of carbonyl (C=O) groups is 2. The van der Waals surface area contributed by atoms with Crippen LogP contribution in [-0.4, -0.2) is 32.1 Å². The maximum atomic E-state index is 12.0. The van der Waals surface area contributed by atoms with Gasteiger partial charge >= 0.3 is 5.97 Å². The third kappa shape index (κ3) is 4.93. The summed E-state index contributed by atoms with van der Waals surface area (Å²) in [6.07, 6.45) is 0.0864. The lowest BCUT2D eigenvalue weighted by atomic mass is 10.0. The highest BCUT2D eigenvalue weighted by Crippen LogP contribution is 2.22. The molecule has 1 rings (SSSR count). The molecule has 1 atom stereocenters. The Labute approximate surface area is 129 Å². The average Bonchev–Trinajstić information content (AvgIpc) is 2.45. The first-order valence-electron chi connectivity index (χ1n) is 6.58. The van der Waals surface area contributed by atoms with Gasteiger partial charge in [0.25, 0.3) is 0 Å². The van der Waals surface area contributed by atoms with Crippen LogP contribution in [0.5, 0.6) is 5.75 Å². The smallest absolute Gasteiger partial charge is 0.328 e. The summed E-state index contributed by atoms with van der Waals surface area (Å²) in [6, 6.07) is 4.43. The predicted molar refractivity (Wildman–Crippen MR) is 80.5 cm³/mol. The number of hydrogen-bond acceptors (Lipinski definition) is 4. The number of ether oxygens (including phenoxy) is 2. The van der Waals surface area contributed by atoms with Crippen LogP contribution in [0.15, 0.2) is 18.2 Å². The van der Waals surface area contributed by atoms with Crippen molar-refractivity contribution in [3.63, 3.8) is 0 Å². The zero-order chi connectivity index (χ0) is 16.0. The van der Waals surface area contributed by atoms with E-state index in [0.717, 1.165) is 0 Å². The summed E-state index contributed by atoms with van der Waals surface area (Å²) in [5.74, 6) is -0.183. The Kier molecular flexibility index (Phi) is 6.49. The SMILES string of the molecule is COC(=O)[C@@H](NC(=O)Cc1ccc(OC)cc1Cl)C(C)C. The Hall–Kier alpha value is -1.75. The summed E-state index contributed by atoms with van der Waals surface area (Å²) in [4.78, 5) is 23.7. The largest absolute Gasteiger partial charge is 0.497 e. The first kappa shape index (κ1) is 17.3. The average molecular weight is 314 g/mol. The van der Waals surface area contributed by atoms with Crippen molar-refractivity contribution in [1.82, 2.24) is 5.32 Å². The molecular weight excluding hydrogens is 294 g/mol. The van der Waals surface area contributed by atoms with Crippen molar-refractivity contribution < 1.29 is 19.1 Å². The van der Waals surface area contributed by atoms with E-state index in [1.54, 1.807) is 25.3 Å². The van der Waals surface area contributed by atoms with Crippen LogP contribution in [-0.2, 0) is 20.7 Å². The fourth-order valence-electron chi connectivity index (χ4n) is 1.82. The second kappa shape index (κ2) is 7.88. The van der Waals surface area contributed by atoms with E-state index in [9.17, 15) is 9.59 Å². The Morgan fingerprint density at radius 2 is 1.95 bits per heavy atom.